The Balaban J connectivity index is 2.27. The number of hydrogen-bond donors (Lipinski definition) is 0. The Morgan fingerprint density at radius 3 is 1.97 bits per heavy atom. The minimum atomic E-state index is -2.99. The molecule has 1 amide bonds. The van der Waals surface area contributed by atoms with Gasteiger partial charge in [-0.05, 0) is 29.8 Å². The second kappa shape index (κ2) is 9.81. The normalized spacial score (nSPS) is 10.5. The SMILES string of the molecule is COc1ccc(CN(C)C(=O)c2cc(OC)c(OC)c(OC)c2)cc1OC(F)F. The zero-order valence-corrected chi connectivity index (χ0v) is 16.8. The number of carbonyl (C=O) groups excluding carboxylic acids is 1. The molecule has 9 heteroatoms. The smallest absolute Gasteiger partial charge is 0.387 e. The lowest BCUT2D eigenvalue weighted by atomic mass is 10.1. The molecule has 7 nitrogen and oxygen atoms in total. The quantitative estimate of drug-likeness (QED) is 0.628. The number of methoxy groups -OCH3 is 4. The van der Waals surface area contributed by atoms with E-state index in [4.69, 9.17) is 18.9 Å². The summed E-state index contributed by atoms with van der Waals surface area (Å²) in [6.45, 7) is -2.84. The average Bonchev–Trinajstić information content (AvgIpc) is 2.71. The van der Waals surface area contributed by atoms with Gasteiger partial charge in [0, 0.05) is 19.2 Å². The summed E-state index contributed by atoms with van der Waals surface area (Å²) in [5.41, 5.74) is 0.907. The topological polar surface area (TPSA) is 66.5 Å². The number of ether oxygens (including phenoxy) is 5. The molecule has 2 aromatic carbocycles. The van der Waals surface area contributed by atoms with Gasteiger partial charge in [-0.15, -0.1) is 0 Å². The summed E-state index contributed by atoms with van der Waals surface area (Å²) in [6, 6.07) is 7.66. The largest absolute Gasteiger partial charge is 0.493 e. The van der Waals surface area contributed by atoms with Gasteiger partial charge in [0.05, 0.1) is 28.4 Å². The van der Waals surface area contributed by atoms with E-state index < -0.39 is 6.61 Å². The van der Waals surface area contributed by atoms with Crippen molar-refractivity contribution in [2.75, 3.05) is 35.5 Å². The fraction of sp³-hybridized carbons (Fsp3) is 0.350. The van der Waals surface area contributed by atoms with Crippen LogP contribution in [0.1, 0.15) is 15.9 Å². The first-order chi connectivity index (χ1) is 13.8. The Bertz CT molecular complexity index is 834. The van der Waals surface area contributed by atoms with Crippen molar-refractivity contribution in [2.45, 2.75) is 13.2 Å². The van der Waals surface area contributed by atoms with Gasteiger partial charge < -0.3 is 28.6 Å². The van der Waals surface area contributed by atoms with Crippen molar-refractivity contribution in [3.63, 3.8) is 0 Å². The molecule has 0 saturated carbocycles. The minimum Gasteiger partial charge on any atom is -0.493 e. The van der Waals surface area contributed by atoms with Crippen LogP contribution in [0.3, 0.4) is 0 Å². The van der Waals surface area contributed by atoms with E-state index in [9.17, 15) is 13.6 Å². The average molecular weight is 411 g/mol. The van der Waals surface area contributed by atoms with Crippen LogP contribution in [0.25, 0.3) is 0 Å². The maximum atomic E-state index is 12.9. The predicted octanol–water partition coefficient (Wildman–Crippen LogP) is 3.59. The van der Waals surface area contributed by atoms with Crippen LogP contribution in [0.5, 0.6) is 28.7 Å². The van der Waals surface area contributed by atoms with E-state index in [0.717, 1.165) is 0 Å². The van der Waals surface area contributed by atoms with Crippen LogP contribution in [0.15, 0.2) is 30.3 Å². The highest BCUT2D eigenvalue weighted by Gasteiger charge is 2.20. The van der Waals surface area contributed by atoms with Crippen molar-refractivity contribution in [3.05, 3.63) is 41.5 Å². The van der Waals surface area contributed by atoms with Gasteiger partial charge in [0.1, 0.15) is 0 Å². The molecule has 158 valence electrons. The molecule has 29 heavy (non-hydrogen) atoms. The van der Waals surface area contributed by atoms with Crippen molar-refractivity contribution in [1.29, 1.82) is 0 Å². The van der Waals surface area contributed by atoms with Crippen LogP contribution >= 0.6 is 0 Å². The minimum absolute atomic E-state index is 0.103. The molecule has 0 saturated heterocycles. The molecule has 0 fully saturated rings. The third-order valence-corrected chi connectivity index (χ3v) is 4.12. The van der Waals surface area contributed by atoms with Gasteiger partial charge in [0.25, 0.3) is 5.91 Å². The van der Waals surface area contributed by atoms with Crippen LogP contribution in [-0.4, -0.2) is 52.9 Å². The highest BCUT2D eigenvalue weighted by atomic mass is 19.3. The van der Waals surface area contributed by atoms with Crippen LogP contribution in [0.4, 0.5) is 8.78 Å². The molecule has 0 spiro atoms. The Labute approximate surface area is 167 Å². The molecule has 0 aliphatic carbocycles. The van der Waals surface area contributed by atoms with Crippen LogP contribution < -0.4 is 23.7 Å². The monoisotopic (exact) mass is 411 g/mol. The lowest BCUT2D eigenvalue weighted by Crippen LogP contribution is -2.26. The molecule has 0 aromatic heterocycles. The van der Waals surface area contributed by atoms with Gasteiger partial charge in [-0.25, -0.2) is 0 Å². The highest BCUT2D eigenvalue weighted by Crippen LogP contribution is 2.38. The summed E-state index contributed by atoms with van der Waals surface area (Å²) in [4.78, 5) is 14.3. The first kappa shape index (κ1) is 22.1. The lowest BCUT2D eigenvalue weighted by Gasteiger charge is -2.20. The molecule has 0 heterocycles. The third kappa shape index (κ3) is 5.18. The van der Waals surface area contributed by atoms with Gasteiger partial charge in [-0.2, -0.15) is 8.78 Å². The lowest BCUT2D eigenvalue weighted by molar-refractivity contribution is -0.0512. The second-order valence-electron chi connectivity index (χ2n) is 5.94. The van der Waals surface area contributed by atoms with Crippen LogP contribution in [0.2, 0.25) is 0 Å². The number of halogens is 2. The summed E-state index contributed by atoms with van der Waals surface area (Å²) in [5.74, 6) is 0.817. The van der Waals surface area contributed by atoms with Crippen molar-refractivity contribution < 1.29 is 37.3 Å². The van der Waals surface area contributed by atoms with Gasteiger partial charge in [-0.1, -0.05) is 6.07 Å². The number of benzene rings is 2. The Hall–Kier alpha value is -3.23. The van der Waals surface area contributed by atoms with E-state index in [1.165, 1.54) is 45.5 Å². The van der Waals surface area contributed by atoms with E-state index in [0.29, 0.717) is 28.4 Å². The van der Waals surface area contributed by atoms with Crippen molar-refractivity contribution >= 4 is 5.91 Å². The van der Waals surface area contributed by atoms with Crippen LogP contribution in [-0.2, 0) is 6.54 Å². The Kier molecular flexibility index (Phi) is 7.46. The van der Waals surface area contributed by atoms with Crippen molar-refractivity contribution in [1.82, 2.24) is 4.90 Å². The molecule has 0 atom stereocenters. The molecule has 0 unspecified atom stereocenters. The fourth-order valence-electron chi connectivity index (χ4n) is 2.78. The second-order valence-corrected chi connectivity index (χ2v) is 5.94. The van der Waals surface area contributed by atoms with Crippen molar-refractivity contribution in [2.24, 2.45) is 0 Å². The molecular formula is C20H23F2NO6. The van der Waals surface area contributed by atoms with E-state index in [1.54, 1.807) is 25.2 Å². The number of amides is 1. The molecule has 0 N–H and O–H groups in total. The maximum Gasteiger partial charge on any atom is 0.387 e. The zero-order chi connectivity index (χ0) is 21.6. The first-order valence-corrected chi connectivity index (χ1v) is 8.51. The van der Waals surface area contributed by atoms with Crippen molar-refractivity contribution in [3.8, 4) is 28.7 Å². The molecule has 0 aliphatic rings. The summed E-state index contributed by atoms with van der Waals surface area (Å²) in [5, 5.41) is 0. The number of alkyl halides is 2. The summed E-state index contributed by atoms with van der Waals surface area (Å²) in [6.07, 6.45) is 0. The predicted molar refractivity (Wildman–Crippen MR) is 102 cm³/mol. The standard InChI is InChI=1S/C20H23F2NO6/c1-23(11-12-6-7-14(25-2)15(8-12)29-20(21)22)19(24)13-9-16(26-3)18(28-5)17(10-13)27-4/h6-10,20H,11H2,1-5H3. The molecular weight excluding hydrogens is 388 g/mol. The fourth-order valence-corrected chi connectivity index (χ4v) is 2.78. The molecule has 0 aliphatic heterocycles. The molecule has 2 aromatic rings. The molecule has 0 radical (unpaired) electrons. The number of nitrogens with zero attached hydrogens (tertiary/aromatic N) is 1. The third-order valence-electron chi connectivity index (χ3n) is 4.12. The number of hydrogen-bond acceptors (Lipinski definition) is 6. The number of rotatable bonds is 9. The van der Waals surface area contributed by atoms with Gasteiger partial charge in [-0.3, -0.25) is 4.79 Å². The van der Waals surface area contributed by atoms with E-state index in [2.05, 4.69) is 4.74 Å². The summed E-state index contributed by atoms with van der Waals surface area (Å²) < 4.78 is 50.5. The molecule has 2 rings (SSSR count). The van der Waals surface area contributed by atoms with E-state index >= 15 is 0 Å². The zero-order valence-electron chi connectivity index (χ0n) is 16.8. The highest BCUT2D eigenvalue weighted by molar-refractivity contribution is 5.95. The summed E-state index contributed by atoms with van der Waals surface area (Å²) in [7, 11) is 7.32. The van der Waals surface area contributed by atoms with E-state index in [-0.39, 0.29) is 24.0 Å². The van der Waals surface area contributed by atoms with E-state index in [1.807, 2.05) is 0 Å². The summed E-state index contributed by atoms with van der Waals surface area (Å²) >= 11 is 0. The number of carbonyl (C=O) groups is 1. The first-order valence-electron chi connectivity index (χ1n) is 8.51. The Morgan fingerprint density at radius 2 is 1.48 bits per heavy atom. The maximum absolute atomic E-state index is 12.9. The van der Waals surface area contributed by atoms with Gasteiger partial charge >= 0.3 is 6.61 Å². The molecule has 0 bridgehead atoms. The van der Waals surface area contributed by atoms with Gasteiger partial charge in [0.2, 0.25) is 5.75 Å². The van der Waals surface area contributed by atoms with Gasteiger partial charge in [0.15, 0.2) is 23.0 Å². The van der Waals surface area contributed by atoms with Crippen LogP contribution in [0, 0.1) is 0 Å². The Morgan fingerprint density at radius 1 is 0.897 bits per heavy atom.